The SMILES string of the molecule is C=CC(=O)OCCOCCNC(=O)Oc1cccc2cc(OC)ccc12. The minimum absolute atomic E-state index is 0.134. The summed E-state index contributed by atoms with van der Waals surface area (Å²) in [6, 6.07) is 10.9. The molecule has 1 amide bonds. The summed E-state index contributed by atoms with van der Waals surface area (Å²) in [5, 5.41) is 4.31. The van der Waals surface area contributed by atoms with E-state index in [1.165, 1.54) is 0 Å². The van der Waals surface area contributed by atoms with Gasteiger partial charge in [0.25, 0.3) is 0 Å². The van der Waals surface area contributed by atoms with Gasteiger partial charge in [-0.3, -0.25) is 0 Å². The molecule has 0 bridgehead atoms. The van der Waals surface area contributed by atoms with Crippen molar-refractivity contribution in [1.82, 2.24) is 5.32 Å². The van der Waals surface area contributed by atoms with Gasteiger partial charge < -0.3 is 24.3 Å². The predicted octanol–water partition coefficient (Wildman–Crippen LogP) is 2.68. The first-order valence-corrected chi connectivity index (χ1v) is 8.03. The van der Waals surface area contributed by atoms with Crippen LogP contribution in [-0.2, 0) is 14.3 Å². The molecule has 7 heteroatoms. The van der Waals surface area contributed by atoms with E-state index in [4.69, 9.17) is 18.9 Å². The van der Waals surface area contributed by atoms with Crippen LogP contribution >= 0.6 is 0 Å². The number of esters is 1. The number of methoxy groups -OCH3 is 1. The number of amides is 1. The first-order chi connectivity index (χ1) is 12.6. The summed E-state index contributed by atoms with van der Waals surface area (Å²) in [6.45, 7) is 4.20. The Bertz CT molecular complexity index is 774. The van der Waals surface area contributed by atoms with Gasteiger partial charge in [-0.15, -0.1) is 0 Å². The minimum atomic E-state index is -0.574. The maximum atomic E-state index is 11.9. The molecule has 0 aromatic heterocycles. The van der Waals surface area contributed by atoms with E-state index >= 15 is 0 Å². The molecule has 0 aliphatic heterocycles. The molecule has 138 valence electrons. The van der Waals surface area contributed by atoms with Gasteiger partial charge in [0.05, 0.1) is 20.3 Å². The summed E-state index contributed by atoms with van der Waals surface area (Å²) < 4.78 is 20.5. The van der Waals surface area contributed by atoms with Crippen LogP contribution in [0.3, 0.4) is 0 Å². The zero-order valence-corrected chi connectivity index (χ0v) is 14.5. The third kappa shape index (κ3) is 5.78. The summed E-state index contributed by atoms with van der Waals surface area (Å²) >= 11 is 0. The lowest BCUT2D eigenvalue weighted by molar-refractivity contribution is -0.139. The molecule has 0 aliphatic rings. The first-order valence-electron chi connectivity index (χ1n) is 8.03. The van der Waals surface area contributed by atoms with E-state index in [2.05, 4.69) is 11.9 Å². The fourth-order valence-electron chi connectivity index (χ4n) is 2.17. The van der Waals surface area contributed by atoms with E-state index in [1.54, 1.807) is 25.3 Å². The van der Waals surface area contributed by atoms with Crippen LogP contribution in [0.25, 0.3) is 10.8 Å². The van der Waals surface area contributed by atoms with Gasteiger partial charge >= 0.3 is 12.1 Å². The van der Waals surface area contributed by atoms with Gasteiger partial charge in [-0.2, -0.15) is 0 Å². The molecule has 0 heterocycles. The summed E-state index contributed by atoms with van der Waals surface area (Å²) in [5.74, 6) is 0.693. The van der Waals surface area contributed by atoms with E-state index in [1.807, 2.05) is 18.2 Å². The Morgan fingerprint density at radius 3 is 2.77 bits per heavy atom. The third-order valence-electron chi connectivity index (χ3n) is 3.40. The van der Waals surface area contributed by atoms with Crippen molar-refractivity contribution in [2.75, 3.05) is 33.5 Å². The lowest BCUT2D eigenvalue weighted by atomic mass is 10.1. The van der Waals surface area contributed by atoms with Crippen molar-refractivity contribution in [1.29, 1.82) is 0 Å². The molecule has 2 aromatic carbocycles. The average molecular weight is 359 g/mol. The fourth-order valence-corrected chi connectivity index (χ4v) is 2.17. The van der Waals surface area contributed by atoms with Crippen LogP contribution in [0.4, 0.5) is 4.79 Å². The normalized spacial score (nSPS) is 10.2. The molecule has 0 saturated carbocycles. The molecule has 0 radical (unpaired) electrons. The van der Waals surface area contributed by atoms with Crippen molar-refractivity contribution in [3.05, 3.63) is 49.1 Å². The second-order valence-electron chi connectivity index (χ2n) is 5.14. The van der Waals surface area contributed by atoms with Gasteiger partial charge in [0.2, 0.25) is 0 Å². The molecule has 0 fully saturated rings. The van der Waals surface area contributed by atoms with E-state index < -0.39 is 12.1 Å². The lowest BCUT2D eigenvalue weighted by Gasteiger charge is -2.10. The zero-order valence-electron chi connectivity index (χ0n) is 14.5. The molecule has 0 aliphatic carbocycles. The molecule has 2 rings (SSSR count). The monoisotopic (exact) mass is 359 g/mol. The van der Waals surface area contributed by atoms with Crippen molar-refractivity contribution in [3.63, 3.8) is 0 Å². The number of ether oxygens (including phenoxy) is 4. The van der Waals surface area contributed by atoms with Gasteiger partial charge in [-0.1, -0.05) is 18.7 Å². The van der Waals surface area contributed by atoms with Crippen LogP contribution in [0.1, 0.15) is 0 Å². The molecule has 7 nitrogen and oxygen atoms in total. The van der Waals surface area contributed by atoms with Gasteiger partial charge in [0.15, 0.2) is 0 Å². The van der Waals surface area contributed by atoms with Crippen LogP contribution in [0.2, 0.25) is 0 Å². The van der Waals surface area contributed by atoms with Crippen LogP contribution in [0.15, 0.2) is 49.1 Å². The van der Waals surface area contributed by atoms with E-state index in [0.717, 1.165) is 22.6 Å². The Hall–Kier alpha value is -3.06. The number of rotatable bonds is 9. The first kappa shape index (κ1) is 19.3. The largest absolute Gasteiger partial charge is 0.497 e. The highest BCUT2D eigenvalue weighted by Gasteiger charge is 2.08. The van der Waals surface area contributed by atoms with Crippen molar-refractivity contribution >= 4 is 22.8 Å². The van der Waals surface area contributed by atoms with Crippen molar-refractivity contribution in [2.24, 2.45) is 0 Å². The van der Waals surface area contributed by atoms with Crippen molar-refractivity contribution in [2.45, 2.75) is 0 Å². The number of hydrogen-bond donors (Lipinski definition) is 1. The molecule has 1 N–H and O–H groups in total. The molecule has 0 unspecified atom stereocenters. The van der Waals surface area contributed by atoms with Crippen LogP contribution in [-0.4, -0.2) is 45.5 Å². The standard InChI is InChI=1S/C19H21NO6/c1-3-18(21)25-12-11-24-10-9-20-19(22)26-17-6-4-5-14-13-15(23-2)7-8-16(14)17/h3-8,13H,1,9-12H2,2H3,(H,20,22). The average Bonchev–Trinajstić information content (AvgIpc) is 2.66. The molecule has 0 spiro atoms. The van der Waals surface area contributed by atoms with E-state index in [9.17, 15) is 9.59 Å². The molecular weight excluding hydrogens is 338 g/mol. The molecule has 2 aromatic rings. The Labute approximate surface area is 151 Å². The van der Waals surface area contributed by atoms with E-state index in [-0.39, 0.29) is 26.4 Å². The second kappa shape index (κ2) is 10.0. The quantitative estimate of drug-likeness (QED) is 0.421. The topological polar surface area (TPSA) is 83.1 Å². The van der Waals surface area contributed by atoms with Crippen LogP contribution in [0.5, 0.6) is 11.5 Å². The van der Waals surface area contributed by atoms with Crippen molar-refractivity contribution in [3.8, 4) is 11.5 Å². The Morgan fingerprint density at radius 1 is 1.15 bits per heavy atom. The highest BCUT2D eigenvalue weighted by molar-refractivity contribution is 5.91. The number of carbonyl (C=O) groups is 2. The summed E-state index contributed by atoms with van der Waals surface area (Å²) in [7, 11) is 1.60. The lowest BCUT2D eigenvalue weighted by Crippen LogP contribution is -2.30. The maximum Gasteiger partial charge on any atom is 0.412 e. The van der Waals surface area contributed by atoms with Crippen molar-refractivity contribution < 1.29 is 28.5 Å². The zero-order chi connectivity index (χ0) is 18.8. The van der Waals surface area contributed by atoms with E-state index in [0.29, 0.717) is 5.75 Å². The summed E-state index contributed by atoms with van der Waals surface area (Å²) in [5.41, 5.74) is 0. The number of carbonyl (C=O) groups excluding carboxylic acids is 2. The number of hydrogen-bond acceptors (Lipinski definition) is 6. The third-order valence-corrected chi connectivity index (χ3v) is 3.40. The summed E-state index contributed by atoms with van der Waals surface area (Å²) in [4.78, 5) is 22.7. The Morgan fingerprint density at radius 2 is 2.00 bits per heavy atom. The van der Waals surface area contributed by atoms with Crippen LogP contribution < -0.4 is 14.8 Å². The molecule has 26 heavy (non-hydrogen) atoms. The van der Waals surface area contributed by atoms with Gasteiger partial charge in [0.1, 0.15) is 18.1 Å². The Balaban J connectivity index is 1.75. The van der Waals surface area contributed by atoms with Crippen LogP contribution in [0, 0.1) is 0 Å². The predicted molar refractivity (Wildman–Crippen MR) is 96.5 cm³/mol. The summed E-state index contributed by atoms with van der Waals surface area (Å²) in [6.07, 6.45) is 0.510. The number of nitrogens with one attached hydrogen (secondary N) is 1. The van der Waals surface area contributed by atoms with Gasteiger partial charge in [0, 0.05) is 18.0 Å². The second-order valence-corrected chi connectivity index (χ2v) is 5.14. The highest BCUT2D eigenvalue weighted by atomic mass is 16.6. The minimum Gasteiger partial charge on any atom is -0.497 e. The number of benzene rings is 2. The van der Waals surface area contributed by atoms with Gasteiger partial charge in [-0.25, -0.2) is 9.59 Å². The number of fused-ring (bicyclic) bond motifs is 1. The maximum absolute atomic E-state index is 11.9. The Kier molecular flexibility index (Phi) is 7.45. The molecule has 0 saturated heterocycles. The smallest absolute Gasteiger partial charge is 0.412 e. The molecular formula is C19H21NO6. The van der Waals surface area contributed by atoms with Gasteiger partial charge in [-0.05, 0) is 29.7 Å². The molecule has 0 atom stereocenters. The fraction of sp³-hybridized carbons (Fsp3) is 0.263. The highest BCUT2D eigenvalue weighted by Crippen LogP contribution is 2.28.